The van der Waals surface area contributed by atoms with Crippen LogP contribution in [0.5, 0.6) is 5.75 Å². The molecule has 84 valence electrons. The zero-order valence-electron chi connectivity index (χ0n) is 9.93. The van der Waals surface area contributed by atoms with Crippen molar-refractivity contribution < 1.29 is 4.74 Å². The van der Waals surface area contributed by atoms with Crippen LogP contribution in [0.4, 0.5) is 0 Å². The predicted octanol–water partition coefficient (Wildman–Crippen LogP) is 4.49. The second kappa shape index (κ2) is 5.55. The van der Waals surface area contributed by atoms with Gasteiger partial charge in [0.25, 0.3) is 0 Å². The Bertz CT molecular complexity index is 310. The van der Waals surface area contributed by atoms with Crippen LogP contribution < -0.4 is 4.74 Å². The highest BCUT2D eigenvalue weighted by atomic mass is 79.9. The number of benzene rings is 1. The minimum absolute atomic E-state index is 0.620. The van der Waals surface area contributed by atoms with Gasteiger partial charge in [0.15, 0.2) is 0 Å². The predicted molar refractivity (Wildman–Crippen MR) is 68.6 cm³/mol. The van der Waals surface area contributed by atoms with Crippen LogP contribution in [-0.4, -0.2) is 6.61 Å². The van der Waals surface area contributed by atoms with Gasteiger partial charge in [-0.2, -0.15) is 0 Å². The molecule has 0 fully saturated rings. The van der Waals surface area contributed by atoms with Crippen LogP contribution in [0.15, 0.2) is 16.6 Å². The molecule has 1 aromatic carbocycles. The Labute approximate surface area is 101 Å². The smallest absolute Gasteiger partial charge is 0.119 e. The third kappa shape index (κ3) is 3.53. The first-order chi connectivity index (χ1) is 7.04. The maximum Gasteiger partial charge on any atom is 0.119 e. The van der Waals surface area contributed by atoms with Gasteiger partial charge < -0.3 is 4.74 Å². The average molecular weight is 271 g/mol. The molecule has 0 bridgehead atoms. The number of hydrogen-bond donors (Lipinski definition) is 0. The first kappa shape index (κ1) is 12.6. The molecule has 15 heavy (non-hydrogen) atoms. The fourth-order valence-corrected chi connectivity index (χ4v) is 1.57. The van der Waals surface area contributed by atoms with Gasteiger partial charge in [-0.1, -0.05) is 36.2 Å². The fraction of sp³-hybridized carbons (Fsp3) is 0.538. The van der Waals surface area contributed by atoms with Gasteiger partial charge in [-0.15, -0.1) is 0 Å². The van der Waals surface area contributed by atoms with Crippen molar-refractivity contribution in [3.63, 3.8) is 0 Å². The van der Waals surface area contributed by atoms with Crippen molar-refractivity contribution in [1.29, 1.82) is 0 Å². The van der Waals surface area contributed by atoms with E-state index in [4.69, 9.17) is 4.74 Å². The summed E-state index contributed by atoms with van der Waals surface area (Å²) in [5.74, 6) is 1.60. The lowest BCUT2D eigenvalue weighted by atomic mass is 10.1. The molecular formula is C13H19BrO. The van der Waals surface area contributed by atoms with E-state index >= 15 is 0 Å². The molecule has 1 unspecified atom stereocenters. The normalized spacial score (nSPS) is 12.6. The largest absolute Gasteiger partial charge is 0.493 e. The van der Waals surface area contributed by atoms with Crippen molar-refractivity contribution in [1.82, 2.24) is 0 Å². The van der Waals surface area contributed by atoms with Crippen LogP contribution in [0.1, 0.15) is 31.4 Å². The van der Waals surface area contributed by atoms with E-state index in [2.05, 4.69) is 55.8 Å². The van der Waals surface area contributed by atoms with Crippen molar-refractivity contribution in [2.45, 2.75) is 34.1 Å². The Morgan fingerprint density at radius 3 is 2.27 bits per heavy atom. The van der Waals surface area contributed by atoms with Crippen LogP contribution in [0.3, 0.4) is 0 Å². The fourth-order valence-electron chi connectivity index (χ4n) is 1.35. The summed E-state index contributed by atoms with van der Waals surface area (Å²) in [5.41, 5.74) is 2.46. The van der Waals surface area contributed by atoms with Gasteiger partial charge in [0.2, 0.25) is 0 Å². The lowest BCUT2D eigenvalue weighted by Crippen LogP contribution is -2.07. The summed E-state index contributed by atoms with van der Waals surface area (Å²) < 4.78 is 6.93. The molecule has 0 saturated heterocycles. The highest BCUT2D eigenvalue weighted by Gasteiger charge is 2.04. The molecular weight excluding hydrogens is 252 g/mol. The summed E-state index contributed by atoms with van der Waals surface area (Å²) in [6.07, 6.45) is 1.16. The molecule has 0 amide bonds. The molecule has 0 aliphatic heterocycles. The molecule has 0 aliphatic carbocycles. The second-order valence-corrected chi connectivity index (χ2v) is 4.99. The minimum Gasteiger partial charge on any atom is -0.493 e. The third-order valence-corrected chi connectivity index (χ3v) is 3.89. The van der Waals surface area contributed by atoms with Crippen molar-refractivity contribution in [3.8, 4) is 5.75 Å². The first-order valence-electron chi connectivity index (χ1n) is 5.44. The highest BCUT2D eigenvalue weighted by molar-refractivity contribution is 9.10. The van der Waals surface area contributed by atoms with Crippen LogP contribution in [0.25, 0.3) is 0 Å². The standard InChI is InChI=1S/C13H19BrO/c1-5-9(2)8-15-12-6-10(3)13(14)11(4)7-12/h6-7,9H,5,8H2,1-4H3. The molecule has 0 aromatic heterocycles. The number of halogens is 1. The molecule has 1 rings (SSSR count). The summed E-state index contributed by atoms with van der Waals surface area (Å²) in [6.45, 7) is 9.38. The van der Waals surface area contributed by atoms with E-state index in [0.29, 0.717) is 5.92 Å². The van der Waals surface area contributed by atoms with Gasteiger partial charge in [-0.3, -0.25) is 0 Å². The van der Waals surface area contributed by atoms with Gasteiger partial charge in [0.1, 0.15) is 5.75 Å². The number of ether oxygens (including phenoxy) is 1. The topological polar surface area (TPSA) is 9.23 Å². The Morgan fingerprint density at radius 1 is 1.27 bits per heavy atom. The average Bonchev–Trinajstić information content (AvgIpc) is 2.22. The summed E-state index contributed by atoms with van der Waals surface area (Å²) in [5, 5.41) is 0. The summed E-state index contributed by atoms with van der Waals surface area (Å²) in [7, 11) is 0. The molecule has 0 N–H and O–H groups in total. The monoisotopic (exact) mass is 270 g/mol. The zero-order chi connectivity index (χ0) is 11.4. The van der Waals surface area contributed by atoms with Crippen molar-refractivity contribution >= 4 is 15.9 Å². The molecule has 1 atom stereocenters. The quantitative estimate of drug-likeness (QED) is 0.784. The van der Waals surface area contributed by atoms with E-state index in [1.165, 1.54) is 15.6 Å². The summed E-state index contributed by atoms with van der Waals surface area (Å²) >= 11 is 3.55. The highest BCUT2D eigenvalue weighted by Crippen LogP contribution is 2.26. The van der Waals surface area contributed by atoms with E-state index in [1.807, 2.05) is 0 Å². The summed E-state index contributed by atoms with van der Waals surface area (Å²) in [6, 6.07) is 4.17. The summed E-state index contributed by atoms with van der Waals surface area (Å²) in [4.78, 5) is 0. The first-order valence-corrected chi connectivity index (χ1v) is 6.23. The maximum atomic E-state index is 5.75. The Hall–Kier alpha value is -0.500. The second-order valence-electron chi connectivity index (χ2n) is 4.20. The van der Waals surface area contributed by atoms with Crippen LogP contribution in [-0.2, 0) is 0 Å². The van der Waals surface area contributed by atoms with Gasteiger partial charge in [-0.25, -0.2) is 0 Å². The molecule has 0 radical (unpaired) electrons. The molecule has 0 spiro atoms. The Kier molecular flexibility index (Phi) is 4.65. The SMILES string of the molecule is CCC(C)COc1cc(C)c(Br)c(C)c1. The molecule has 2 heteroatoms. The maximum absolute atomic E-state index is 5.75. The van der Waals surface area contributed by atoms with E-state index in [-0.39, 0.29) is 0 Å². The zero-order valence-corrected chi connectivity index (χ0v) is 11.5. The third-order valence-electron chi connectivity index (χ3n) is 2.64. The Morgan fingerprint density at radius 2 is 1.80 bits per heavy atom. The van der Waals surface area contributed by atoms with Crippen molar-refractivity contribution in [3.05, 3.63) is 27.7 Å². The van der Waals surface area contributed by atoms with Gasteiger partial charge >= 0.3 is 0 Å². The number of hydrogen-bond acceptors (Lipinski definition) is 1. The van der Waals surface area contributed by atoms with Crippen LogP contribution >= 0.6 is 15.9 Å². The van der Waals surface area contributed by atoms with E-state index in [9.17, 15) is 0 Å². The number of aryl methyl sites for hydroxylation is 2. The molecule has 0 heterocycles. The van der Waals surface area contributed by atoms with E-state index in [1.54, 1.807) is 0 Å². The van der Waals surface area contributed by atoms with Gasteiger partial charge in [0, 0.05) is 4.47 Å². The van der Waals surface area contributed by atoms with Crippen molar-refractivity contribution in [2.24, 2.45) is 5.92 Å². The molecule has 1 aromatic rings. The minimum atomic E-state index is 0.620. The molecule has 0 saturated carbocycles. The van der Waals surface area contributed by atoms with Crippen LogP contribution in [0, 0.1) is 19.8 Å². The van der Waals surface area contributed by atoms with E-state index < -0.39 is 0 Å². The Balaban J connectivity index is 2.70. The molecule has 0 aliphatic rings. The van der Waals surface area contributed by atoms with Crippen molar-refractivity contribution in [2.75, 3.05) is 6.61 Å². The molecule has 1 nitrogen and oxygen atoms in total. The van der Waals surface area contributed by atoms with E-state index in [0.717, 1.165) is 18.8 Å². The lowest BCUT2D eigenvalue weighted by molar-refractivity contribution is 0.256. The van der Waals surface area contributed by atoms with Crippen LogP contribution in [0.2, 0.25) is 0 Å². The van der Waals surface area contributed by atoms with Gasteiger partial charge in [0.05, 0.1) is 6.61 Å². The lowest BCUT2D eigenvalue weighted by Gasteiger charge is -2.13. The van der Waals surface area contributed by atoms with Gasteiger partial charge in [-0.05, 0) is 43.0 Å². The number of rotatable bonds is 4.